The van der Waals surface area contributed by atoms with Gasteiger partial charge < -0.3 is 10.8 Å². The lowest BCUT2D eigenvalue weighted by Crippen LogP contribution is -2.20. The molecule has 15 heavy (non-hydrogen) atoms. The van der Waals surface area contributed by atoms with Crippen molar-refractivity contribution in [3.05, 3.63) is 35.6 Å². The molecule has 4 heteroatoms. The molecule has 0 saturated carbocycles. The van der Waals surface area contributed by atoms with E-state index in [-0.39, 0.29) is 12.2 Å². The third-order valence-electron chi connectivity index (χ3n) is 2.29. The van der Waals surface area contributed by atoms with Gasteiger partial charge in [0.1, 0.15) is 5.82 Å². The molecule has 3 N–H and O–H groups in total. The lowest BCUT2D eigenvalue weighted by molar-refractivity contribution is -0.141. The minimum absolute atomic E-state index is 0.194. The van der Waals surface area contributed by atoms with Crippen LogP contribution in [0.25, 0.3) is 0 Å². The van der Waals surface area contributed by atoms with E-state index in [4.69, 9.17) is 10.8 Å². The largest absolute Gasteiger partial charge is 0.481 e. The van der Waals surface area contributed by atoms with Gasteiger partial charge in [-0.25, -0.2) is 4.39 Å². The molecule has 0 aliphatic heterocycles. The highest BCUT2D eigenvalue weighted by atomic mass is 19.1. The second kappa shape index (κ2) is 5.46. The smallest absolute Gasteiger partial charge is 0.306 e. The predicted molar refractivity (Wildman–Crippen MR) is 54.9 cm³/mol. The number of carboxylic acid groups (broad SMARTS) is 1. The Morgan fingerprint density at radius 1 is 1.47 bits per heavy atom. The molecule has 0 spiro atoms. The van der Waals surface area contributed by atoms with E-state index >= 15 is 0 Å². The highest BCUT2D eigenvalue weighted by Crippen LogP contribution is 2.15. The van der Waals surface area contributed by atoms with Crippen LogP contribution in [0.1, 0.15) is 12.0 Å². The molecule has 0 amide bonds. The van der Waals surface area contributed by atoms with Gasteiger partial charge in [-0.3, -0.25) is 4.79 Å². The number of carboxylic acids is 1. The summed E-state index contributed by atoms with van der Waals surface area (Å²) >= 11 is 0. The van der Waals surface area contributed by atoms with Gasteiger partial charge in [0.15, 0.2) is 0 Å². The van der Waals surface area contributed by atoms with Crippen molar-refractivity contribution in [3.8, 4) is 0 Å². The number of hydrogen-bond donors (Lipinski definition) is 2. The molecule has 0 radical (unpaired) electrons. The molecular formula is C11H14FNO2. The lowest BCUT2D eigenvalue weighted by Gasteiger charge is -2.11. The van der Waals surface area contributed by atoms with Crippen molar-refractivity contribution in [2.45, 2.75) is 12.8 Å². The maximum Gasteiger partial charge on any atom is 0.306 e. The van der Waals surface area contributed by atoms with Crippen LogP contribution in [0.5, 0.6) is 0 Å². The summed E-state index contributed by atoms with van der Waals surface area (Å²) < 4.78 is 13.2. The lowest BCUT2D eigenvalue weighted by atomic mass is 9.96. The molecular weight excluding hydrogens is 197 g/mol. The quantitative estimate of drug-likeness (QED) is 0.774. The van der Waals surface area contributed by atoms with Crippen LogP contribution in [0, 0.1) is 11.7 Å². The molecule has 0 saturated heterocycles. The van der Waals surface area contributed by atoms with E-state index in [9.17, 15) is 9.18 Å². The molecule has 1 rings (SSSR count). The first-order valence-corrected chi connectivity index (χ1v) is 4.81. The summed E-state index contributed by atoms with van der Waals surface area (Å²) in [5.41, 5.74) is 5.73. The molecule has 1 unspecified atom stereocenters. The van der Waals surface area contributed by atoms with Gasteiger partial charge in [0.25, 0.3) is 0 Å². The van der Waals surface area contributed by atoms with Crippen LogP contribution in [0.2, 0.25) is 0 Å². The highest BCUT2D eigenvalue weighted by Gasteiger charge is 2.18. The van der Waals surface area contributed by atoms with Crippen molar-refractivity contribution in [3.63, 3.8) is 0 Å². The first kappa shape index (κ1) is 11.7. The first-order valence-electron chi connectivity index (χ1n) is 4.81. The number of nitrogens with two attached hydrogens (primary N) is 1. The molecule has 0 aliphatic rings. The second-order valence-corrected chi connectivity index (χ2v) is 3.41. The van der Waals surface area contributed by atoms with Gasteiger partial charge in [0.2, 0.25) is 0 Å². The van der Waals surface area contributed by atoms with E-state index in [0.717, 1.165) is 0 Å². The van der Waals surface area contributed by atoms with Gasteiger partial charge >= 0.3 is 5.97 Å². The molecule has 1 aromatic carbocycles. The Bertz CT molecular complexity index is 341. The summed E-state index contributed by atoms with van der Waals surface area (Å²) in [5, 5.41) is 8.88. The summed E-state index contributed by atoms with van der Waals surface area (Å²) in [7, 11) is 0. The summed E-state index contributed by atoms with van der Waals surface area (Å²) in [5.74, 6) is -1.89. The average molecular weight is 211 g/mol. The van der Waals surface area contributed by atoms with Crippen LogP contribution >= 0.6 is 0 Å². The van der Waals surface area contributed by atoms with E-state index in [0.29, 0.717) is 18.5 Å². The minimum Gasteiger partial charge on any atom is -0.481 e. The standard InChI is InChI=1S/C11H14FNO2/c12-10-4-2-1-3-8(10)7-9(5-6-13)11(14)15/h1-4,9H,5-7,13H2,(H,14,15). The van der Waals surface area contributed by atoms with Crippen LogP contribution in [0.15, 0.2) is 24.3 Å². The fourth-order valence-electron chi connectivity index (χ4n) is 1.44. The zero-order valence-electron chi connectivity index (χ0n) is 8.32. The maximum absolute atomic E-state index is 13.2. The van der Waals surface area contributed by atoms with Gasteiger partial charge in [-0.05, 0) is 31.0 Å². The third-order valence-corrected chi connectivity index (χ3v) is 2.29. The van der Waals surface area contributed by atoms with E-state index < -0.39 is 11.9 Å². The van der Waals surface area contributed by atoms with Gasteiger partial charge in [-0.2, -0.15) is 0 Å². The Labute approximate surface area is 87.7 Å². The number of benzene rings is 1. The van der Waals surface area contributed by atoms with Crippen molar-refractivity contribution in [2.75, 3.05) is 6.54 Å². The summed E-state index contributed by atoms with van der Waals surface area (Å²) in [6.07, 6.45) is 0.558. The molecule has 1 atom stereocenters. The molecule has 0 aliphatic carbocycles. The van der Waals surface area contributed by atoms with Crippen LogP contribution < -0.4 is 5.73 Å². The average Bonchev–Trinajstić information content (AvgIpc) is 2.20. The Morgan fingerprint density at radius 2 is 2.13 bits per heavy atom. The summed E-state index contributed by atoms with van der Waals surface area (Å²) in [6, 6.07) is 6.20. The Hall–Kier alpha value is -1.42. The molecule has 3 nitrogen and oxygen atoms in total. The van der Waals surface area contributed by atoms with Crippen molar-refractivity contribution >= 4 is 5.97 Å². The van der Waals surface area contributed by atoms with Crippen LogP contribution in [0.4, 0.5) is 4.39 Å². The van der Waals surface area contributed by atoms with Crippen LogP contribution in [-0.4, -0.2) is 17.6 Å². The zero-order valence-corrected chi connectivity index (χ0v) is 8.32. The van der Waals surface area contributed by atoms with Crippen molar-refractivity contribution in [2.24, 2.45) is 11.7 Å². The van der Waals surface area contributed by atoms with Crippen molar-refractivity contribution < 1.29 is 14.3 Å². The SMILES string of the molecule is NCCC(Cc1ccccc1F)C(=O)O. The number of hydrogen-bond acceptors (Lipinski definition) is 2. The molecule has 0 aromatic heterocycles. The second-order valence-electron chi connectivity index (χ2n) is 3.41. The zero-order chi connectivity index (χ0) is 11.3. The van der Waals surface area contributed by atoms with E-state index in [1.165, 1.54) is 6.07 Å². The van der Waals surface area contributed by atoms with E-state index in [1.54, 1.807) is 18.2 Å². The van der Waals surface area contributed by atoms with Gasteiger partial charge in [-0.15, -0.1) is 0 Å². The predicted octanol–water partition coefficient (Wildman–Crippen LogP) is 1.42. The molecule has 0 fully saturated rings. The number of rotatable bonds is 5. The van der Waals surface area contributed by atoms with Gasteiger partial charge in [0, 0.05) is 0 Å². The molecule has 0 bridgehead atoms. The first-order chi connectivity index (χ1) is 7.15. The number of halogens is 1. The Kier molecular flexibility index (Phi) is 4.24. The molecule has 82 valence electrons. The topological polar surface area (TPSA) is 63.3 Å². The highest BCUT2D eigenvalue weighted by molar-refractivity contribution is 5.70. The molecule has 1 aromatic rings. The third kappa shape index (κ3) is 3.32. The van der Waals surface area contributed by atoms with Crippen LogP contribution in [0.3, 0.4) is 0 Å². The monoisotopic (exact) mass is 211 g/mol. The normalized spacial score (nSPS) is 12.4. The van der Waals surface area contributed by atoms with Crippen LogP contribution in [-0.2, 0) is 11.2 Å². The number of aliphatic carboxylic acids is 1. The summed E-state index contributed by atoms with van der Waals surface area (Å²) in [6.45, 7) is 0.297. The van der Waals surface area contributed by atoms with E-state index in [1.807, 2.05) is 0 Å². The summed E-state index contributed by atoms with van der Waals surface area (Å²) in [4.78, 5) is 10.8. The van der Waals surface area contributed by atoms with Crippen molar-refractivity contribution in [1.29, 1.82) is 0 Å². The van der Waals surface area contributed by atoms with E-state index in [2.05, 4.69) is 0 Å². The fourth-order valence-corrected chi connectivity index (χ4v) is 1.44. The van der Waals surface area contributed by atoms with Crippen molar-refractivity contribution in [1.82, 2.24) is 0 Å². The molecule has 0 heterocycles. The fraction of sp³-hybridized carbons (Fsp3) is 0.364. The Morgan fingerprint density at radius 3 is 2.67 bits per heavy atom. The van der Waals surface area contributed by atoms with Gasteiger partial charge in [0.05, 0.1) is 5.92 Å². The van der Waals surface area contributed by atoms with Gasteiger partial charge in [-0.1, -0.05) is 18.2 Å². The maximum atomic E-state index is 13.2. The Balaban J connectivity index is 2.74. The number of carbonyl (C=O) groups is 1. The minimum atomic E-state index is -0.927.